The van der Waals surface area contributed by atoms with Gasteiger partial charge in [0.05, 0.1) is 11.7 Å². The molecule has 3 heterocycles. The highest BCUT2D eigenvalue weighted by atomic mass is 35.5. The zero-order valence-electron chi connectivity index (χ0n) is 15.7. The average molecular weight is 423 g/mol. The standard InChI is InChI=1S/C21H19ClN6S/c1-12-8-13(6-7-16(12)22)19-11-29-21-26-25-20(28(21)27-19)17(23)9-14-10-24-18-5-3-2-4-15(14)18/h2-8,10-11,17,24,27H,9,23H2,1H3/t17-/m0/s1. The van der Waals surface area contributed by atoms with Gasteiger partial charge in [0.25, 0.3) is 0 Å². The van der Waals surface area contributed by atoms with E-state index in [1.54, 1.807) is 0 Å². The summed E-state index contributed by atoms with van der Waals surface area (Å²) in [6, 6.07) is 13.9. The lowest BCUT2D eigenvalue weighted by molar-refractivity contribution is 0.629. The Balaban J connectivity index is 1.42. The van der Waals surface area contributed by atoms with Gasteiger partial charge in [-0.05, 0) is 42.7 Å². The van der Waals surface area contributed by atoms with E-state index in [2.05, 4.69) is 38.8 Å². The molecule has 2 aromatic heterocycles. The Labute approximate surface area is 177 Å². The van der Waals surface area contributed by atoms with Crippen molar-refractivity contribution >= 4 is 40.0 Å². The number of nitrogens with one attached hydrogen (secondary N) is 2. The van der Waals surface area contributed by atoms with Crippen molar-refractivity contribution in [3.05, 3.63) is 81.6 Å². The molecule has 1 aliphatic heterocycles. The van der Waals surface area contributed by atoms with E-state index in [1.807, 2.05) is 47.5 Å². The third-order valence-corrected chi connectivity index (χ3v) is 6.34. The first-order valence-corrected chi connectivity index (χ1v) is 10.5. The lowest BCUT2D eigenvalue weighted by Gasteiger charge is -2.21. The number of hydrogen-bond acceptors (Lipinski definition) is 5. The summed E-state index contributed by atoms with van der Waals surface area (Å²) in [5.41, 5.74) is 15.3. The number of rotatable bonds is 4. The van der Waals surface area contributed by atoms with Crippen LogP contribution in [0.15, 0.2) is 59.2 Å². The van der Waals surface area contributed by atoms with Crippen molar-refractivity contribution in [3.8, 4) is 0 Å². The summed E-state index contributed by atoms with van der Waals surface area (Å²) in [6.45, 7) is 2.00. The zero-order chi connectivity index (χ0) is 20.0. The molecule has 8 heteroatoms. The molecule has 1 aliphatic rings. The predicted octanol–water partition coefficient (Wildman–Crippen LogP) is 4.61. The van der Waals surface area contributed by atoms with Gasteiger partial charge in [0.2, 0.25) is 5.16 Å². The highest BCUT2D eigenvalue weighted by molar-refractivity contribution is 8.02. The summed E-state index contributed by atoms with van der Waals surface area (Å²) in [5.74, 6) is 0.703. The number of thioether (sulfide) groups is 1. The molecule has 0 fully saturated rings. The maximum Gasteiger partial charge on any atom is 0.214 e. The summed E-state index contributed by atoms with van der Waals surface area (Å²) >= 11 is 7.69. The molecule has 146 valence electrons. The summed E-state index contributed by atoms with van der Waals surface area (Å²) in [4.78, 5) is 3.30. The summed E-state index contributed by atoms with van der Waals surface area (Å²) in [5, 5.41) is 13.4. The van der Waals surface area contributed by atoms with Crippen molar-refractivity contribution < 1.29 is 0 Å². The molecule has 0 saturated carbocycles. The second-order valence-electron chi connectivity index (χ2n) is 7.07. The van der Waals surface area contributed by atoms with Gasteiger partial charge in [-0.2, -0.15) is 0 Å². The van der Waals surface area contributed by atoms with Crippen molar-refractivity contribution in [3.63, 3.8) is 0 Å². The Morgan fingerprint density at radius 3 is 2.93 bits per heavy atom. The molecule has 0 saturated heterocycles. The fourth-order valence-corrected chi connectivity index (χ4v) is 4.40. The maximum atomic E-state index is 6.55. The molecule has 0 unspecified atom stereocenters. The molecule has 0 radical (unpaired) electrons. The van der Waals surface area contributed by atoms with E-state index in [4.69, 9.17) is 17.3 Å². The molecule has 4 N–H and O–H groups in total. The fraction of sp³-hybridized carbons (Fsp3) is 0.143. The fourth-order valence-electron chi connectivity index (χ4n) is 3.53. The highest BCUT2D eigenvalue weighted by Gasteiger charge is 2.23. The molecule has 1 atom stereocenters. The Kier molecular flexibility index (Phi) is 4.58. The van der Waals surface area contributed by atoms with Crippen LogP contribution in [0, 0.1) is 6.92 Å². The minimum Gasteiger partial charge on any atom is -0.361 e. The molecule has 0 amide bonds. The van der Waals surface area contributed by atoms with Crippen LogP contribution < -0.4 is 11.2 Å². The molecular formula is C21H19ClN6S. The monoisotopic (exact) mass is 422 g/mol. The predicted molar refractivity (Wildman–Crippen MR) is 118 cm³/mol. The minimum absolute atomic E-state index is 0.296. The lowest BCUT2D eigenvalue weighted by Crippen LogP contribution is -2.25. The second-order valence-corrected chi connectivity index (χ2v) is 8.32. The topological polar surface area (TPSA) is 84.6 Å². The van der Waals surface area contributed by atoms with Crippen LogP contribution in [0.3, 0.4) is 0 Å². The van der Waals surface area contributed by atoms with Crippen molar-refractivity contribution in [2.75, 3.05) is 5.43 Å². The van der Waals surface area contributed by atoms with E-state index in [9.17, 15) is 0 Å². The Morgan fingerprint density at radius 2 is 2.07 bits per heavy atom. The first-order chi connectivity index (χ1) is 14.1. The average Bonchev–Trinajstić information content (AvgIpc) is 3.34. The normalized spacial score (nSPS) is 14.4. The van der Waals surface area contributed by atoms with E-state index < -0.39 is 0 Å². The first-order valence-electron chi connectivity index (χ1n) is 9.26. The number of fused-ring (bicyclic) bond motifs is 2. The van der Waals surface area contributed by atoms with Gasteiger partial charge in [0, 0.05) is 33.1 Å². The highest BCUT2D eigenvalue weighted by Crippen LogP contribution is 2.31. The molecule has 0 aliphatic carbocycles. The largest absolute Gasteiger partial charge is 0.361 e. The number of H-pyrrole nitrogens is 1. The third kappa shape index (κ3) is 3.31. The van der Waals surface area contributed by atoms with Gasteiger partial charge >= 0.3 is 0 Å². The van der Waals surface area contributed by atoms with Crippen LogP contribution in [-0.2, 0) is 6.42 Å². The van der Waals surface area contributed by atoms with Gasteiger partial charge in [0.15, 0.2) is 5.82 Å². The van der Waals surface area contributed by atoms with Crippen LogP contribution in [0.4, 0.5) is 0 Å². The van der Waals surface area contributed by atoms with Crippen LogP contribution in [-0.4, -0.2) is 19.9 Å². The third-order valence-electron chi connectivity index (χ3n) is 5.09. The molecule has 29 heavy (non-hydrogen) atoms. The number of aryl methyl sites for hydroxylation is 1. The van der Waals surface area contributed by atoms with Crippen LogP contribution >= 0.6 is 23.4 Å². The minimum atomic E-state index is -0.296. The van der Waals surface area contributed by atoms with Crippen LogP contribution in [0.25, 0.3) is 16.6 Å². The Morgan fingerprint density at radius 1 is 1.21 bits per heavy atom. The molecule has 6 nitrogen and oxygen atoms in total. The number of hydrogen-bond donors (Lipinski definition) is 3. The van der Waals surface area contributed by atoms with Crippen molar-refractivity contribution in [2.45, 2.75) is 24.5 Å². The van der Waals surface area contributed by atoms with Gasteiger partial charge < -0.3 is 10.7 Å². The Bertz CT molecular complexity index is 1240. The maximum absolute atomic E-state index is 6.55. The van der Waals surface area contributed by atoms with Crippen LogP contribution in [0.2, 0.25) is 5.02 Å². The van der Waals surface area contributed by atoms with Gasteiger partial charge in [0.1, 0.15) is 0 Å². The van der Waals surface area contributed by atoms with Crippen molar-refractivity contribution in [1.82, 2.24) is 19.9 Å². The number of aromatic nitrogens is 4. The lowest BCUT2D eigenvalue weighted by atomic mass is 10.1. The molecule has 5 rings (SSSR count). The number of halogens is 1. The molecule has 2 aromatic carbocycles. The van der Waals surface area contributed by atoms with E-state index in [1.165, 1.54) is 17.1 Å². The number of nitrogens with zero attached hydrogens (tertiary/aromatic N) is 3. The molecule has 0 bridgehead atoms. The molecular weight excluding hydrogens is 404 g/mol. The summed E-state index contributed by atoms with van der Waals surface area (Å²) in [7, 11) is 0. The number of para-hydroxylation sites is 1. The van der Waals surface area contributed by atoms with E-state index >= 15 is 0 Å². The van der Waals surface area contributed by atoms with Crippen molar-refractivity contribution in [2.24, 2.45) is 5.73 Å². The quantitative estimate of drug-likeness (QED) is 0.447. The number of aromatic amines is 1. The summed E-state index contributed by atoms with van der Waals surface area (Å²) in [6.07, 6.45) is 2.68. The SMILES string of the molecule is Cc1cc(C2=CSc3nnc([C@@H](N)Cc4c[nH]c5ccccc45)n3N2)ccc1Cl. The number of nitrogens with two attached hydrogens (primary N) is 1. The Hall–Kier alpha value is -2.74. The van der Waals surface area contributed by atoms with Gasteiger partial charge in [-0.25, -0.2) is 4.68 Å². The smallest absolute Gasteiger partial charge is 0.214 e. The van der Waals surface area contributed by atoms with Gasteiger partial charge in [-0.15, -0.1) is 10.2 Å². The van der Waals surface area contributed by atoms with Crippen LogP contribution in [0.1, 0.15) is 28.6 Å². The summed E-state index contributed by atoms with van der Waals surface area (Å²) < 4.78 is 1.88. The van der Waals surface area contributed by atoms with E-state index in [0.29, 0.717) is 12.2 Å². The number of benzene rings is 2. The van der Waals surface area contributed by atoms with Crippen molar-refractivity contribution in [1.29, 1.82) is 0 Å². The zero-order valence-corrected chi connectivity index (χ0v) is 17.3. The first kappa shape index (κ1) is 18.3. The van der Waals surface area contributed by atoms with Gasteiger partial charge in [-0.3, -0.25) is 5.43 Å². The van der Waals surface area contributed by atoms with E-state index in [0.717, 1.165) is 38.1 Å². The van der Waals surface area contributed by atoms with Gasteiger partial charge in [-0.1, -0.05) is 47.6 Å². The second kappa shape index (κ2) is 7.26. The molecule has 4 aromatic rings. The van der Waals surface area contributed by atoms with Crippen LogP contribution in [0.5, 0.6) is 0 Å². The molecule has 0 spiro atoms. The van der Waals surface area contributed by atoms with E-state index in [-0.39, 0.29) is 6.04 Å².